The highest BCUT2D eigenvalue weighted by atomic mass is 16.4. The van der Waals surface area contributed by atoms with Gasteiger partial charge in [-0.3, -0.25) is 4.79 Å². The summed E-state index contributed by atoms with van der Waals surface area (Å²) in [4.78, 5) is 25.2. The molecule has 0 spiro atoms. The molecule has 0 unspecified atom stereocenters. The molecule has 114 valence electrons. The van der Waals surface area contributed by atoms with Gasteiger partial charge in [-0.05, 0) is 32.6 Å². The van der Waals surface area contributed by atoms with Crippen molar-refractivity contribution in [2.45, 2.75) is 64.3 Å². The fourth-order valence-electron chi connectivity index (χ4n) is 3.11. The lowest BCUT2D eigenvalue weighted by Gasteiger charge is -2.37. The Hall–Kier alpha value is -1.26. The summed E-state index contributed by atoms with van der Waals surface area (Å²) in [5.74, 6) is -0.749. The van der Waals surface area contributed by atoms with Crippen LogP contribution in [0, 0.1) is 5.41 Å². The molecule has 0 radical (unpaired) electrons. The predicted octanol–water partition coefficient (Wildman–Crippen LogP) is 2.61. The highest BCUT2D eigenvalue weighted by Crippen LogP contribution is 2.31. The van der Waals surface area contributed by atoms with Gasteiger partial charge in [0, 0.05) is 19.1 Å². The summed E-state index contributed by atoms with van der Waals surface area (Å²) in [5.41, 5.74) is -0.668. The highest BCUT2D eigenvalue weighted by Gasteiger charge is 2.38. The molecule has 5 heteroatoms. The summed E-state index contributed by atoms with van der Waals surface area (Å²) < 4.78 is 0. The summed E-state index contributed by atoms with van der Waals surface area (Å²) in [6.07, 6.45) is 8.17. The van der Waals surface area contributed by atoms with E-state index in [1.54, 1.807) is 11.8 Å². The van der Waals surface area contributed by atoms with Crippen LogP contribution in [0.1, 0.15) is 58.3 Å². The maximum atomic E-state index is 12.2. The number of aliphatic carboxylic acids is 1. The maximum Gasteiger partial charge on any atom is 0.317 e. The molecule has 2 aliphatic rings. The molecule has 1 aliphatic carbocycles. The molecule has 0 atom stereocenters. The van der Waals surface area contributed by atoms with E-state index in [2.05, 4.69) is 5.32 Å². The number of carboxylic acids is 1. The van der Waals surface area contributed by atoms with Crippen LogP contribution in [0.5, 0.6) is 0 Å². The van der Waals surface area contributed by atoms with Gasteiger partial charge in [0.25, 0.3) is 0 Å². The van der Waals surface area contributed by atoms with Gasteiger partial charge in [0.2, 0.25) is 0 Å². The van der Waals surface area contributed by atoms with Gasteiger partial charge in [0.05, 0.1) is 5.41 Å². The van der Waals surface area contributed by atoms with E-state index in [1.165, 1.54) is 25.7 Å². The zero-order valence-electron chi connectivity index (χ0n) is 12.4. The SMILES string of the molecule is CC1(C(=O)O)CCN(C(=O)NC2CCCCCC2)CC1. The van der Waals surface area contributed by atoms with E-state index >= 15 is 0 Å². The number of carbonyl (C=O) groups is 2. The average molecular weight is 282 g/mol. The van der Waals surface area contributed by atoms with Crippen molar-refractivity contribution in [2.75, 3.05) is 13.1 Å². The second kappa shape index (κ2) is 6.46. The van der Waals surface area contributed by atoms with Gasteiger partial charge in [-0.1, -0.05) is 25.7 Å². The molecular formula is C15H26N2O3. The maximum absolute atomic E-state index is 12.2. The minimum absolute atomic E-state index is 0.00987. The first-order chi connectivity index (χ1) is 9.51. The number of urea groups is 1. The van der Waals surface area contributed by atoms with Crippen molar-refractivity contribution in [3.8, 4) is 0 Å². The fourth-order valence-corrected chi connectivity index (χ4v) is 3.11. The quantitative estimate of drug-likeness (QED) is 0.765. The Morgan fingerprint density at radius 3 is 2.15 bits per heavy atom. The zero-order valence-corrected chi connectivity index (χ0v) is 12.4. The number of carbonyl (C=O) groups excluding carboxylic acids is 1. The molecule has 0 bridgehead atoms. The number of nitrogens with one attached hydrogen (secondary N) is 1. The highest BCUT2D eigenvalue weighted by molar-refractivity contribution is 5.77. The Morgan fingerprint density at radius 1 is 1.10 bits per heavy atom. The van der Waals surface area contributed by atoms with Crippen molar-refractivity contribution in [1.29, 1.82) is 0 Å². The van der Waals surface area contributed by atoms with Gasteiger partial charge in [0.15, 0.2) is 0 Å². The molecular weight excluding hydrogens is 256 g/mol. The van der Waals surface area contributed by atoms with E-state index in [9.17, 15) is 14.7 Å². The Kier molecular flexibility index (Phi) is 4.89. The fraction of sp³-hybridized carbons (Fsp3) is 0.867. The number of nitrogens with zero attached hydrogens (tertiary/aromatic N) is 1. The Morgan fingerprint density at radius 2 is 1.65 bits per heavy atom. The normalized spacial score (nSPS) is 23.9. The van der Waals surface area contributed by atoms with Crippen LogP contribution < -0.4 is 5.32 Å². The number of rotatable bonds is 2. The molecule has 2 amide bonds. The molecule has 2 fully saturated rings. The largest absolute Gasteiger partial charge is 0.481 e. The number of amides is 2. The van der Waals surface area contributed by atoms with Crippen molar-refractivity contribution in [3.63, 3.8) is 0 Å². The van der Waals surface area contributed by atoms with Crippen LogP contribution in [0.25, 0.3) is 0 Å². The van der Waals surface area contributed by atoms with Crippen molar-refractivity contribution in [1.82, 2.24) is 10.2 Å². The number of carboxylic acid groups (broad SMARTS) is 1. The van der Waals surface area contributed by atoms with Gasteiger partial charge in [0.1, 0.15) is 0 Å². The van der Waals surface area contributed by atoms with Crippen molar-refractivity contribution < 1.29 is 14.7 Å². The van der Waals surface area contributed by atoms with Crippen LogP contribution >= 0.6 is 0 Å². The van der Waals surface area contributed by atoms with E-state index in [0.29, 0.717) is 32.0 Å². The van der Waals surface area contributed by atoms with E-state index < -0.39 is 11.4 Å². The Balaban J connectivity index is 1.81. The monoisotopic (exact) mass is 282 g/mol. The van der Waals surface area contributed by atoms with Gasteiger partial charge in [-0.25, -0.2) is 4.79 Å². The summed E-state index contributed by atoms with van der Waals surface area (Å²) in [5, 5.41) is 12.3. The second-order valence-electron chi connectivity index (χ2n) is 6.49. The lowest BCUT2D eigenvalue weighted by atomic mass is 9.80. The van der Waals surface area contributed by atoms with Crippen LogP contribution in [-0.4, -0.2) is 41.1 Å². The minimum atomic E-state index is -0.749. The first-order valence-corrected chi connectivity index (χ1v) is 7.80. The second-order valence-corrected chi connectivity index (χ2v) is 6.49. The summed E-state index contributed by atoms with van der Waals surface area (Å²) >= 11 is 0. The van der Waals surface area contributed by atoms with Crippen molar-refractivity contribution in [3.05, 3.63) is 0 Å². The zero-order chi connectivity index (χ0) is 14.6. The van der Waals surface area contributed by atoms with E-state index in [-0.39, 0.29) is 6.03 Å². The lowest BCUT2D eigenvalue weighted by molar-refractivity contribution is -0.150. The van der Waals surface area contributed by atoms with E-state index in [0.717, 1.165) is 12.8 Å². The molecule has 0 aromatic carbocycles. The minimum Gasteiger partial charge on any atom is -0.481 e. The first-order valence-electron chi connectivity index (χ1n) is 7.80. The number of likely N-dealkylation sites (tertiary alicyclic amines) is 1. The summed E-state index contributed by atoms with van der Waals surface area (Å²) in [7, 11) is 0. The molecule has 20 heavy (non-hydrogen) atoms. The number of piperidine rings is 1. The van der Waals surface area contributed by atoms with E-state index in [1.807, 2.05) is 0 Å². The van der Waals surface area contributed by atoms with Crippen LogP contribution in [0.15, 0.2) is 0 Å². The summed E-state index contributed by atoms with van der Waals surface area (Å²) in [6, 6.07) is 0.294. The first kappa shape index (κ1) is 15.1. The smallest absolute Gasteiger partial charge is 0.317 e. The van der Waals surface area contributed by atoms with Crippen LogP contribution in [0.2, 0.25) is 0 Å². The molecule has 1 saturated heterocycles. The standard InChI is InChI=1S/C15H26N2O3/c1-15(13(18)19)8-10-17(11-9-15)14(20)16-12-6-4-2-3-5-7-12/h12H,2-11H2,1H3,(H,16,20)(H,18,19). The lowest BCUT2D eigenvalue weighted by Crippen LogP contribution is -2.50. The molecule has 5 nitrogen and oxygen atoms in total. The number of hydrogen-bond acceptors (Lipinski definition) is 2. The van der Waals surface area contributed by atoms with Gasteiger partial charge in [-0.15, -0.1) is 0 Å². The number of hydrogen-bond donors (Lipinski definition) is 2. The van der Waals surface area contributed by atoms with Crippen LogP contribution in [-0.2, 0) is 4.79 Å². The third-order valence-electron chi connectivity index (χ3n) is 4.85. The third-order valence-corrected chi connectivity index (χ3v) is 4.85. The molecule has 0 aromatic heterocycles. The van der Waals surface area contributed by atoms with Crippen molar-refractivity contribution in [2.24, 2.45) is 5.41 Å². The summed E-state index contributed by atoms with van der Waals surface area (Å²) in [6.45, 7) is 2.86. The van der Waals surface area contributed by atoms with Gasteiger partial charge < -0.3 is 15.3 Å². The Labute approximate surface area is 120 Å². The topological polar surface area (TPSA) is 69.6 Å². The van der Waals surface area contributed by atoms with Gasteiger partial charge >= 0.3 is 12.0 Å². The van der Waals surface area contributed by atoms with Crippen LogP contribution in [0.4, 0.5) is 4.79 Å². The predicted molar refractivity (Wildman–Crippen MR) is 76.6 cm³/mol. The average Bonchev–Trinajstić information content (AvgIpc) is 2.68. The van der Waals surface area contributed by atoms with E-state index in [4.69, 9.17) is 0 Å². The molecule has 2 rings (SSSR count). The third kappa shape index (κ3) is 3.64. The van der Waals surface area contributed by atoms with Gasteiger partial charge in [-0.2, -0.15) is 0 Å². The van der Waals surface area contributed by atoms with Crippen LogP contribution in [0.3, 0.4) is 0 Å². The molecule has 0 aromatic rings. The molecule has 1 heterocycles. The Bertz CT molecular complexity index is 354. The van der Waals surface area contributed by atoms with Crippen molar-refractivity contribution >= 4 is 12.0 Å². The molecule has 1 aliphatic heterocycles. The molecule has 2 N–H and O–H groups in total. The molecule has 1 saturated carbocycles.